The first kappa shape index (κ1) is 14.3. The zero-order chi connectivity index (χ0) is 13.8. The molecule has 2 nitrogen and oxygen atoms in total. The van der Waals surface area contributed by atoms with Crippen molar-refractivity contribution in [1.29, 1.82) is 0 Å². The van der Waals surface area contributed by atoms with Crippen molar-refractivity contribution >= 4 is 15.9 Å². The molecular formula is C16H19BrN2. The van der Waals surface area contributed by atoms with Crippen molar-refractivity contribution in [2.24, 2.45) is 5.84 Å². The molecule has 100 valence electrons. The smallest absolute Gasteiger partial charge is 0.0500 e. The maximum absolute atomic E-state index is 5.71. The Morgan fingerprint density at radius 2 is 1.79 bits per heavy atom. The number of halogens is 1. The maximum Gasteiger partial charge on any atom is 0.0500 e. The lowest BCUT2D eigenvalue weighted by atomic mass is 9.97. The second-order valence-electron chi connectivity index (χ2n) is 4.92. The summed E-state index contributed by atoms with van der Waals surface area (Å²) in [5, 5.41) is 0. The highest BCUT2D eigenvalue weighted by atomic mass is 79.9. The molecule has 3 heteroatoms. The molecule has 2 aromatic carbocycles. The highest BCUT2D eigenvalue weighted by molar-refractivity contribution is 9.10. The number of hydrogen-bond acceptors (Lipinski definition) is 2. The number of rotatable bonds is 4. The van der Waals surface area contributed by atoms with Crippen LogP contribution in [0.3, 0.4) is 0 Å². The van der Waals surface area contributed by atoms with Gasteiger partial charge in [0.15, 0.2) is 0 Å². The first-order chi connectivity index (χ1) is 9.10. The average Bonchev–Trinajstić information content (AvgIpc) is 2.41. The minimum Gasteiger partial charge on any atom is -0.271 e. The van der Waals surface area contributed by atoms with E-state index in [2.05, 4.69) is 77.7 Å². The lowest BCUT2D eigenvalue weighted by Crippen LogP contribution is -2.29. The van der Waals surface area contributed by atoms with Gasteiger partial charge in [0.25, 0.3) is 0 Å². The van der Waals surface area contributed by atoms with Gasteiger partial charge < -0.3 is 0 Å². The molecule has 2 rings (SSSR count). The van der Waals surface area contributed by atoms with E-state index in [1.807, 2.05) is 0 Å². The fraction of sp³-hybridized carbons (Fsp3) is 0.250. The Morgan fingerprint density at radius 1 is 1.11 bits per heavy atom. The largest absolute Gasteiger partial charge is 0.271 e. The van der Waals surface area contributed by atoms with E-state index in [0.717, 1.165) is 10.9 Å². The summed E-state index contributed by atoms with van der Waals surface area (Å²) in [5.41, 5.74) is 7.91. The van der Waals surface area contributed by atoms with E-state index >= 15 is 0 Å². The van der Waals surface area contributed by atoms with Crippen LogP contribution in [0.2, 0.25) is 0 Å². The molecule has 0 aromatic heterocycles. The molecule has 1 unspecified atom stereocenters. The molecule has 0 saturated heterocycles. The lowest BCUT2D eigenvalue weighted by molar-refractivity contribution is 0.551. The third kappa shape index (κ3) is 3.66. The number of nitrogens with two attached hydrogens (primary N) is 1. The summed E-state index contributed by atoms with van der Waals surface area (Å²) in [4.78, 5) is 0. The first-order valence-electron chi connectivity index (χ1n) is 6.38. The summed E-state index contributed by atoms with van der Waals surface area (Å²) >= 11 is 3.52. The topological polar surface area (TPSA) is 38.0 Å². The van der Waals surface area contributed by atoms with Gasteiger partial charge in [-0.15, -0.1) is 0 Å². The van der Waals surface area contributed by atoms with Crippen LogP contribution < -0.4 is 11.3 Å². The van der Waals surface area contributed by atoms with E-state index in [0.29, 0.717) is 0 Å². The molecule has 0 spiro atoms. The third-order valence-electron chi connectivity index (χ3n) is 3.35. The zero-order valence-corrected chi connectivity index (χ0v) is 12.9. The lowest BCUT2D eigenvalue weighted by Gasteiger charge is -2.17. The Hall–Kier alpha value is -1.16. The number of benzene rings is 2. The summed E-state index contributed by atoms with van der Waals surface area (Å²) in [6.45, 7) is 4.19. The zero-order valence-electron chi connectivity index (χ0n) is 11.3. The fourth-order valence-electron chi connectivity index (χ4n) is 2.12. The highest BCUT2D eigenvalue weighted by Gasteiger charge is 2.11. The minimum absolute atomic E-state index is 0.134. The van der Waals surface area contributed by atoms with E-state index in [9.17, 15) is 0 Å². The van der Waals surface area contributed by atoms with Gasteiger partial charge >= 0.3 is 0 Å². The van der Waals surface area contributed by atoms with Crippen molar-refractivity contribution < 1.29 is 0 Å². The predicted octanol–water partition coefficient (Wildman–Crippen LogP) is 3.81. The van der Waals surface area contributed by atoms with Crippen molar-refractivity contribution in [2.75, 3.05) is 0 Å². The number of nitrogens with one attached hydrogen (secondary N) is 1. The van der Waals surface area contributed by atoms with Gasteiger partial charge in [0.2, 0.25) is 0 Å². The molecule has 0 radical (unpaired) electrons. The van der Waals surface area contributed by atoms with Gasteiger partial charge in [-0.2, -0.15) is 0 Å². The van der Waals surface area contributed by atoms with Crippen molar-refractivity contribution in [3.05, 3.63) is 69.2 Å². The summed E-state index contributed by atoms with van der Waals surface area (Å²) in [7, 11) is 0. The number of hydrazine groups is 1. The van der Waals surface area contributed by atoms with Crippen LogP contribution in [0, 0.1) is 13.8 Å². The number of hydrogen-bond donors (Lipinski definition) is 2. The van der Waals surface area contributed by atoms with Gasteiger partial charge in [0, 0.05) is 10.5 Å². The molecule has 1 atom stereocenters. The van der Waals surface area contributed by atoms with Gasteiger partial charge in [-0.1, -0.05) is 57.9 Å². The van der Waals surface area contributed by atoms with E-state index in [-0.39, 0.29) is 6.04 Å². The molecular weight excluding hydrogens is 300 g/mol. The molecule has 2 aromatic rings. The van der Waals surface area contributed by atoms with E-state index < -0.39 is 0 Å². The van der Waals surface area contributed by atoms with Crippen molar-refractivity contribution in [1.82, 2.24) is 5.43 Å². The van der Waals surface area contributed by atoms with Crippen LogP contribution in [-0.4, -0.2) is 0 Å². The van der Waals surface area contributed by atoms with Crippen molar-refractivity contribution in [2.45, 2.75) is 26.3 Å². The Labute approximate surface area is 123 Å². The summed E-state index contributed by atoms with van der Waals surface area (Å²) < 4.78 is 1.13. The minimum atomic E-state index is 0.134. The second kappa shape index (κ2) is 6.33. The summed E-state index contributed by atoms with van der Waals surface area (Å²) in [6, 6.07) is 15.1. The number of aryl methyl sites for hydroxylation is 2. The first-order valence-corrected chi connectivity index (χ1v) is 7.17. The van der Waals surface area contributed by atoms with Gasteiger partial charge in [0.05, 0.1) is 0 Å². The molecule has 0 aliphatic heterocycles. The molecule has 3 N–H and O–H groups in total. The molecule has 0 heterocycles. The quantitative estimate of drug-likeness (QED) is 0.664. The van der Waals surface area contributed by atoms with E-state index in [1.54, 1.807) is 0 Å². The Balaban J connectivity index is 2.19. The molecule has 19 heavy (non-hydrogen) atoms. The standard InChI is InChI=1S/C16H19BrN2/c1-11-3-5-13(6-4-11)10-16(19-18)14-7-8-15(17)12(2)9-14/h3-9,16,19H,10,18H2,1-2H3. The van der Waals surface area contributed by atoms with Crippen LogP contribution in [0.4, 0.5) is 0 Å². The molecule has 0 fully saturated rings. The predicted molar refractivity (Wildman–Crippen MR) is 83.8 cm³/mol. The molecule has 0 aliphatic rings. The highest BCUT2D eigenvalue weighted by Crippen LogP contribution is 2.23. The molecule has 0 saturated carbocycles. The van der Waals surface area contributed by atoms with Gasteiger partial charge in [-0.05, 0) is 43.0 Å². The van der Waals surface area contributed by atoms with Crippen molar-refractivity contribution in [3.63, 3.8) is 0 Å². The van der Waals surface area contributed by atoms with E-state index in [4.69, 9.17) is 5.84 Å². The van der Waals surface area contributed by atoms with Crippen LogP contribution in [0.5, 0.6) is 0 Å². The van der Waals surface area contributed by atoms with Crippen LogP contribution in [-0.2, 0) is 6.42 Å². The average molecular weight is 319 g/mol. The molecule has 0 amide bonds. The molecule has 0 aliphatic carbocycles. The normalized spacial score (nSPS) is 12.4. The van der Waals surface area contributed by atoms with Gasteiger partial charge in [-0.25, -0.2) is 0 Å². The Bertz CT molecular complexity index is 549. The monoisotopic (exact) mass is 318 g/mol. The second-order valence-corrected chi connectivity index (χ2v) is 5.77. The fourth-order valence-corrected chi connectivity index (χ4v) is 2.36. The van der Waals surface area contributed by atoms with Crippen molar-refractivity contribution in [3.8, 4) is 0 Å². The molecule has 0 bridgehead atoms. The SMILES string of the molecule is Cc1ccc(CC(NN)c2ccc(Br)c(C)c2)cc1. The Morgan fingerprint density at radius 3 is 2.37 bits per heavy atom. The van der Waals surface area contributed by atoms with Crippen LogP contribution >= 0.6 is 15.9 Å². The maximum atomic E-state index is 5.71. The van der Waals surface area contributed by atoms with Crippen LogP contribution in [0.15, 0.2) is 46.9 Å². The summed E-state index contributed by atoms with van der Waals surface area (Å²) in [6.07, 6.45) is 0.887. The Kier molecular flexibility index (Phi) is 4.75. The van der Waals surface area contributed by atoms with Crippen LogP contribution in [0.1, 0.15) is 28.3 Å². The van der Waals surface area contributed by atoms with E-state index in [1.165, 1.54) is 22.3 Å². The van der Waals surface area contributed by atoms with Gasteiger partial charge in [-0.3, -0.25) is 11.3 Å². The van der Waals surface area contributed by atoms with Crippen LogP contribution in [0.25, 0.3) is 0 Å². The van der Waals surface area contributed by atoms with Gasteiger partial charge in [0.1, 0.15) is 0 Å². The summed E-state index contributed by atoms with van der Waals surface area (Å²) in [5.74, 6) is 5.71. The third-order valence-corrected chi connectivity index (χ3v) is 4.24.